The minimum Gasteiger partial charge on any atom is -0.440 e. The van der Waals surface area contributed by atoms with E-state index in [4.69, 9.17) is 24.0 Å². The Kier molecular flexibility index (Phi) is 7.43. The van der Waals surface area contributed by atoms with E-state index in [1.165, 1.54) is 0 Å². The van der Waals surface area contributed by atoms with E-state index in [1.54, 1.807) is 30.3 Å². The van der Waals surface area contributed by atoms with Crippen molar-refractivity contribution in [1.29, 1.82) is 0 Å². The molecule has 5 rings (SSSR count). The molecule has 1 unspecified atom stereocenters. The van der Waals surface area contributed by atoms with Gasteiger partial charge in [0.25, 0.3) is 5.91 Å². The van der Waals surface area contributed by atoms with E-state index in [2.05, 4.69) is 46.0 Å². The fraction of sp³-hybridized carbons (Fsp3) is 0.538. The van der Waals surface area contributed by atoms with Gasteiger partial charge in [-0.15, -0.1) is 0 Å². The molecule has 1 aromatic carbocycles. The second-order valence-corrected chi connectivity index (χ2v) is 10.3. The number of nitrogens with zero attached hydrogens (tertiary/aromatic N) is 5. The molecule has 2 aromatic rings. The lowest BCUT2D eigenvalue weighted by Crippen LogP contribution is -2.40. The van der Waals surface area contributed by atoms with Gasteiger partial charge in [-0.3, -0.25) is 4.79 Å². The van der Waals surface area contributed by atoms with Crippen LogP contribution in [0.2, 0.25) is 0 Å². The first kappa shape index (κ1) is 25.2. The van der Waals surface area contributed by atoms with Gasteiger partial charge >= 0.3 is 0 Å². The fourth-order valence-corrected chi connectivity index (χ4v) is 4.22. The van der Waals surface area contributed by atoms with Crippen molar-refractivity contribution in [3.8, 4) is 5.75 Å². The number of aromatic nitrogens is 2. The molecule has 198 valence electrons. The zero-order valence-corrected chi connectivity index (χ0v) is 21.6. The Balaban J connectivity index is 1.27. The highest BCUT2D eigenvalue weighted by atomic mass is 16.7. The maximum absolute atomic E-state index is 13.2. The van der Waals surface area contributed by atoms with E-state index in [-0.39, 0.29) is 17.4 Å². The summed E-state index contributed by atoms with van der Waals surface area (Å²) >= 11 is 0. The van der Waals surface area contributed by atoms with Gasteiger partial charge in [0.15, 0.2) is 0 Å². The van der Waals surface area contributed by atoms with Gasteiger partial charge in [-0.25, -0.2) is 4.98 Å². The molecule has 2 fully saturated rings. The van der Waals surface area contributed by atoms with Crippen LogP contribution in [-0.2, 0) is 14.3 Å². The van der Waals surface area contributed by atoms with Crippen LogP contribution >= 0.6 is 0 Å². The summed E-state index contributed by atoms with van der Waals surface area (Å²) in [4.78, 5) is 32.3. The number of oxime groups is 1. The number of rotatable bonds is 5. The minimum absolute atomic E-state index is 0.0152. The molecule has 11 heteroatoms. The average Bonchev–Trinajstić information content (AvgIpc) is 3.40. The number of ether oxygens (including phenoxy) is 3. The van der Waals surface area contributed by atoms with Crippen molar-refractivity contribution in [3.63, 3.8) is 0 Å². The van der Waals surface area contributed by atoms with E-state index in [1.807, 2.05) is 0 Å². The normalized spacial score (nSPS) is 20.3. The van der Waals surface area contributed by atoms with E-state index >= 15 is 0 Å². The van der Waals surface area contributed by atoms with Crippen LogP contribution in [0.5, 0.6) is 5.75 Å². The summed E-state index contributed by atoms with van der Waals surface area (Å²) in [5, 5.41) is 7.01. The van der Waals surface area contributed by atoms with Crippen LogP contribution in [0.1, 0.15) is 37.7 Å². The monoisotopic (exact) mass is 510 g/mol. The van der Waals surface area contributed by atoms with Crippen LogP contribution in [0.25, 0.3) is 0 Å². The van der Waals surface area contributed by atoms with Crippen molar-refractivity contribution in [3.05, 3.63) is 36.0 Å². The molecule has 3 aliphatic rings. The van der Waals surface area contributed by atoms with E-state index < -0.39 is 0 Å². The number of hydrogen-bond acceptors (Lipinski definition) is 10. The molecule has 0 saturated carbocycles. The van der Waals surface area contributed by atoms with Crippen molar-refractivity contribution >= 4 is 29.3 Å². The summed E-state index contributed by atoms with van der Waals surface area (Å²) in [7, 11) is 0. The Labute approximate surface area is 216 Å². The standard InChI is InChI=1S/C26H34N6O5/c1-26(2,3)21-17-23(30-37-21)36-19-6-4-18(5-7-19)27-24(33)20-16-22(31-8-12-34-13-9-31)29-25(28-20)32-10-14-35-15-11-32/h4-7,16,21H,8-15,17H2,1-3H3,(H,27,33). The molecule has 4 heterocycles. The second kappa shape index (κ2) is 10.9. The lowest BCUT2D eigenvalue weighted by molar-refractivity contribution is 0.00829. The Hall–Kier alpha value is -3.44. The van der Waals surface area contributed by atoms with Crippen LogP contribution in [0.3, 0.4) is 0 Å². The number of nitrogens with one attached hydrogen (secondary N) is 1. The maximum atomic E-state index is 13.2. The molecule has 2 saturated heterocycles. The van der Waals surface area contributed by atoms with Gasteiger partial charge in [-0.05, 0) is 24.3 Å². The third-order valence-corrected chi connectivity index (χ3v) is 6.52. The number of anilines is 3. The van der Waals surface area contributed by atoms with Crippen LogP contribution in [0.15, 0.2) is 35.5 Å². The summed E-state index contributed by atoms with van der Waals surface area (Å²) < 4.78 is 16.8. The van der Waals surface area contributed by atoms with Crippen molar-refractivity contribution in [2.75, 3.05) is 67.7 Å². The molecule has 1 atom stereocenters. The van der Waals surface area contributed by atoms with Crippen molar-refractivity contribution in [1.82, 2.24) is 9.97 Å². The predicted molar refractivity (Wildman–Crippen MR) is 139 cm³/mol. The lowest BCUT2D eigenvalue weighted by atomic mass is 9.87. The number of carbonyl (C=O) groups is 1. The summed E-state index contributed by atoms with van der Waals surface area (Å²) in [6.45, 7) is 11.6. The summed E-state index contributed by atoms with van der Waals surface area (Å²) in [5.41, 5.74) is 0.922. The molecule has 0 bridgehead atoms. The van der Waals surface area contributed by atoms with Crippen LogP contribution in [0.4, 0.5) is 17.5 Å². The van der Waals surface area contributed by atoms with Gasteiger partial charge in [-0.2, -0.15) is 4.98 Å². The summed E-state index contributed by atoms with van der Waals surface area (Å²) in [5.74, 6) is 2.13. The third-order valence-electron chi connectivity index (χ3n) is 6.52. The topological polar surface area (TPSA) is 111 Å². The maximum Gasteiger partial charge on any atom is 0.274 e. The fourth-order valence-electron chi connectivity index (χ4n) is 4.22. The highest BCUT2D eigenvalue weighted by Crippen LogP contribution is 2.30. The van der Waals surface area contributed by atoms with Crippen LogP contribution in [0, 0.1) is 5.41 Å². The van der Waals surface area contributed by atoms with Crippen molar-refractivity contribution in [2.24, 2.45) is 10.6 Å². The zero-order chi connectivity index (χ0) is 25.8. The molecule has 1 N–H and O–H groups in total. The third kappa shape index (κ3) is 6.28. The highest BCUT2D eigenvalue weighted by molar-refractivity contribution is 6.03. The second-order valence-electron chi connectivity index (χ2n) is 10.3. The van der Waals surface area contributed by atoms with Gasteiger partial charge in [0, 0.05) is 43.3 Å². The number of morpholine rings is 2. The van der Waals surface area contributed by atoms with Gasteiger partial charge in [-0.1, -0.05) is 25.9 Å². The quantitative estimate of drug-likeness (QED) is 0.649. The van der Waals surface area contributed by atoms with Gasteiger partial charge in [0.1, 0.15) is 23.4 Å². The lowest BCUT2D eigenvalue weighted by Gasteiger charge is -2.31. The van der Waals surface area contributed by atoms with Gasteiger partial charge < -0.3 is 34.2 Å². The molecule has 1 amide bonds. The Morgan fingerprint density at radius 1 is 0.973 bits per heavy atom. The molecular formula is C26H34N6O5. The number of amides is 1. The van der Waals surface area contributed by atoms with Gasteiger partial charge in [0.05, 0.1) is 32.8 Å². The van der Waals surface area contributed by atoms with Crippen LogP contribution < -0.4 is 19.9 Å². The van der Waals surface area contributed by atoms with Crippen molar-refractivity contribution in [2.45, 2.75) is 33.3 Å². The summed E-state index contributed by atoms with van der Waals surface area (Å²) in [6, 6.07) is 8.91. The molecule has 11 nitrogen and oxygen atoms in total. The SMILES string of the molecule is CC(C)(C)C1CC(Oc2ccc(NC(=O)c3cc(N4CCOCC4)nc(N4CCOCC4)n3)cc2)=NO1. The van der Waals surface area contributed by atoms with Gasteiger partial charge in [0.2, 0.25) is 11.8 Å². The smallest absolute Gasteiger partial charge is 0.274 e. The average molecular weight is 511 g/mol. The van der Waals surface area contributed by atoms with Crippen LogP contribution in [-0.4, -0.2) is 80.5 Å². The summed E-state index contributed by atoms with van der Waals surface area (Å²) in [6.07, 6.45) is 0.603. The minimum atomic E-state index is -0.304. The molecule has 0 radical (unpaired) electrons. The molecule has 3 aliphatic heterocycles. The first-order valence-electron chi connectivity index (χ1n) is 12.7. The van der Waals surface area contributed by atoms with E-state index in [9.17, 15) is 4.79 Å². The molecule has 1 aromatic heterocycles. The Bertz CT molecular complexity index is 1090. The zero-order valence-electron chi connectivity index (χ0n) is 21.6. The number of hydrogen-bond donors (Lipinski definition) is 1. The number of benzene rings is 1. The van der Waals surface area contributed by atoms with E-state index in [0.29, 0.717) is 74.9 Å². The molecular weight excluding hydrogens is 476 g/mol. The molecule has 0 aliphatic carbocycles. The van der Waals surface area contributed by atoms with Crippen molar-refractivity contribution < 1.29 is 23.8 Å². The Morgan fingerprint density at radius 2 is 1.62 bits per heavy atom. The first-order valence-corrected chi connectivity index (χ1v) is 12.7. The highest BCUT2D eigenvalue weighted by Gasteiger charge is 2.33. The molecule has 0 spiro atoms. The largest absolute Gasteiger partial charge is 0.440 e. The molecule has 37 heavy (non-hydrogen) atoms. The van der Waals surface area contributed by atoms with E-state index in [0.717, 1.165) is 18.9 Å². The first-order chi connectivity index (χ1) is 17.8. The Morgan fingerprint density at radius 3 is 2.24 bits per heavy atom. The number of carbonyl (C=O) groups excluding carboxylic acids is 1. The predicted octanol–water partition coefficient (Wildman–Crippen LogP) is 2.93.